The van der Waals surface area contributed by atoms with Crippen molar-refractivity contribution in [3.63, 3.8) is 0 Å². The lowest BCUT2D eigenvalue weighted by Gasteiger charge is -2.05. The number of nitrogens with zero attached hydrogens (tertiary/aromatic N) is 3. The van der Waals surface area contributed by atoms with Crippen LogP contribution in [0.15, 0.2) is 67.3 Å². The highest BCUT2D eigenvalue weighted by molar-refractivity contribution is 6.04. The maximum Gasteiger partial charge on any atom is 0.255 e. The van der Waals surface area contributed by atoms with Crippen LogP contribution in [-0.4, -0.2) is 20.3 Å². The Morgan fingerprint density at radius 2 is 1.77 bits per heavy atom. The molecule has 4 rings (SSSR count). The van der Waals surface area contributed by atoms with Crippen LogP contribution in [0.4, 0.5) is 14.5 Å². The number of pyridine rings is 2. The van der Waals surface area contributed by atoms with Crippen molar-refractivity contribution in [3.8, 4) is 11.3 Å². The number of carbonyl (C=O) groups is 1. The van der Waals surface area contributed by atoms with Crippen molar-refractivity contribution in [2.24, 2.45) is 0 Å². The van der Waals surface area contributed by atoms with Crippen molar-refractivity contribution in [2.75, 3.05) is 5.32 Å². The molecule has 0 aliphatic carbocycles. The fourth-order valence-corrected chi connectivity index (χ4v) is 2.57. The number of nitrogens with one attached hydrogen (secondary N) is 1. The number of hydrogen-bond donors (Lipinski definition) is 1. The zero-order valence-electron chi connectivity index (χ0n) is 13.4. The summed E-state index contributed by atoms with van der Waals surface area (Å²) < 4.78 is 28.2. The van der Waals surface area contributed by atoms with Crippen molar-refractivity contribution in [2.45, 2.75) is 0 Å². The van der Waals surface area contributed by atoms with Gasteiger partial charge < -0.3 is 9.72 Å². The van der Waals surface area contributed by atoms with Crippen LogP contribution in [0.25, 0.3) is 16.9 Å². The van der Waals surface area contributed by atoms with Crippen LogP contribution in [-0.2, 0) is 0 Å². The molecule has 26 heavy (non-hydrogen) atoms. The number of benzene rings is 1. The highest BCUT2D eigenvalue weighted by Crippen LogP contribution is 2.22. The highest BCUT2D eigenvalue weighted by atomic mass is 19.2. The van der Waals surface area contributed by atoms with Gasteiger partial charge in [-0.2, -0.15) is 0 Å². The molecule has 1 aromatic carbocycles. The van der Waals surface area contributed by atoms with Gasteiger partial charge in [0, 0.05) is 35.9 Å². The number of aromatic nitrogens is 3. The summed E-state index contributed by atoms with van der Waals surface area (Å²) >= 11 is 0. The Kier molecular flexibility index (Phi) is 3.89. The molecule has 128 valence electrons. The topological polar surface area (TPSA) is 59.3 Å². The number of fused-ring (bicyclic) bond motifs is 1. The molecule has 0 spiro atoms. The minimum Gasteiger partial charge on any atom is -0.321 e. The van der Waals surface area contributed by atoms with Gasteiger partial charge >= 0.3 is 0 Å². The number of halogens is 2. The van der Waals surface area contributed by atoms with Crippen molar-refractivity contribution in [1.29, 1.82) is 0 Å². The number of carbonyl (C=O) groups excluding carboxylic acids is 1. The number of anilines is 1. The average Bonchev–Trinajstić information content (AvgIpc) is 3.08. The lowest BCUT2D eigenvalue weighted by Crippen LogP contribution is -2.12. The van der Waals surface area contributed by atoms with Gasteiger partial charge in [-0.25, -0.2) is 13.8 Å². The molecule has 0 bridgehead atoms. The molecule has 0 saturated heterocycles. The number of imidazole rings is 1. The maximum atomic E-state index is 13.4. The van der Waals surface area contributed by atoms with E-state index in [1.54, 1.807) is 53.5 Å². The van der Waals surface area contributed by atoms with E-state index in [1.807, 2.05) is 0 Å². The van der Waals surface area contributed by atoms with Gasteiger partial charge in [-0.3, -0.25) is 9.78 Å². The van der Waals surface area contributed by atoms with E-state index in [0.717, 1.165) is 12.1 Å². The van der Waals surface area contributed by atoms with Gasteiger partial charge in [-0.1, -0.05) is 0 Å². The molecular weight excluding hydrogens is 338 g/mol. The van der Waals surface area contributed by atoms with E-state index in [0.29, 0.717) is 28.2 Å². The lowest BCUT2D eigenvalue weighted by molar-refractivity contribution is 0.102. The SMILES string of the molecule is O=C(Nc1ccc2nc(-c3ccc(F)c(F)c3)cn2c1)c1ccncc1. The van der Waals surface area contributed by atoms with Crippen LogP contribution in [0.3, 0.4) is 0 Å². The summed E-state index contributed by atoms with van der Waals surface area (Å²) in [4.78, 5) is 20.5. The first-order valence-corrected chi connectivity index (χ1v) is 7.76. The van der Waals surface area contributed by atoms with Crippen LogP contribution in [0.1, 0.15) is 10.4 Å². The molecule has 0 atom stereocenters. The van der Waals surface area contributed by atoms with Gasteiger partial charge in [0.2, 0.25) is 0 Å². The summed E-state index contributed by atoms with van der Waals surface area (Å²) in [7, 11) is 0. The molecule has 1 N–H and O–H groups in total. The molecule has 3 heterocycles. The van der Waals surface area contributed by atoms with E-state index in [1.165, 1.54) is 6.07 Å². The van der Waals surface area contributed by atoms with Gasteiger partial charge in [-0.15, -0.1) is 0 Å². The first-order valence-electron chi connectivity index (χ1n) is 7.76. The Hall–Kier alpha value is -3.61. The zero-order valence-corrected chi connectivity index (χ0v) is 13.4. The molecule has 7 heteroatoms. The summed E-state index contributed by atoms with van der Waals surface area (Å²) in [6.07, 6.45) is 6.47. The fourth-order valence-electron chi connectivity index (χ4n) is 2.57. The predicted molar refractivity (Wildman–Crippen MR) is 92.7 cm³/mol. The zero-order chi connectivity index (χ0) is 18.1. The molecular formula is C19H12F2N4O. The van der Waals surface area contributed by atoms with Crippen molar-refractivity contribution in [3.05, 3.63) is 84.4 Å². The Morgan fingerprint density at radius 3 is 2.54 bits per heavy atom. The van der Waals surface area contributed by atoms with Gasteiger partial charge in [0.1, 0.15) is 5.65 Å². The smallest absolute Gasteiger partial charge is 0.255 e. The maximum absolute atomic E-state index is 13.4. The molecule has 1 amide bonds. The fraction of sp³-hybridized carbons (Fsp3) is 0. The molecule has 4 aromatic rings. The van der Waals surface area contributed by atoms with E-state index < -0.39 is 11.6 Å². The standard InChI is InChI=1S/C19H12F2N4O/c20-15-3-1-13(9-16(15)21)17-11-25-10-14(2-4-18(25)24-17)23-19(26)12-5-7-22-8-6-12/h1-11H,(H,23,26). The third-order valence-electron chi connectivity index (χ3n) is 3.87. The second kappa shape index (κ2) is 6.36. The minimum atomic E-state index is -0.926. The first-order chi connectivity index (χ1) is 12.6. The number of amides is 1. The molecule has 3 aromatic heterocycles. The molecule has 0 aliphatic heterocycles. The predicted octanol–water partition coefficient (Wildman–Crippen LogP) is 3.93. The second-order valence-corrected chi connectivity index (χ2v) is 5.63. The Balaban J connectivity index is 1.63. The van der Waals surface area contributed by atoms with E-state index in [9.17, 15) is 13.6 Å². The third-order valence-corrected chi connectivity index (χ3v) is 3.87. The summed E-state index contributed by atoms with van der Waals surface area (Å²) in [5, 5.41) is 2.79. The van der Waals surface area contributed by atoms with E-state index >= 15 is 0 Å². The normalized spacial score (nSPS) is 10.8. The summed E-state index contributed by atoms with van der Waals surface area (Å²) in [5.74, 6) is -2.09. The summed E-state index contributed by atoms with van der Waals surface area (Å²) in [5.41, 5.74) is 2.66. The molecule has 5 nitrogen and oxygen atoms in total. The largest absolute Gasteiger partial charge is 0.321 e. The quantitative estimate of drug-likeness (QED) is 0.609. The van der Waals surface area contributed by atoms with E-state index in [4.69, 9.17) is 0 Å². The van der Waals surface area contributed by atoms with Crippen LogP contribution in [0.5, 0.6) is 0 Å². The van der Waals surface area contributed by atoms with Crippen LogP contribution in [0, 0.1) is 11.6 Å². The molecule has 0 saturated carbocycles. The average molecular weight is 350 g/mol. The number of rotatable bonds is 3. The third kappa shape index (κ3) is 3.02. The minimum absolute atomic E-state index is 0.257. The number of hydrogen-bond acceptors (Lipinski definition) is 3. The van der Waals surface area contributed by atoms with Crippen LogP contribution >= 0.6 is 0 Å². The summed E-state index contributed by atoms with van der Waals surface area (Å²) in [6, 6.07) is 10.3. The molecule has 0 unspecified atom stereocenters. The van der Waals surface area contributed by atoms with Crippen LogP contribution in [0.2, 0.25) is 0 Å². The van der Waals surface area contributed by atoms with Gasteiger partial charge in [0.15, 0.2) is 11.6 Å². The van der Waals surface area contributed by atoms with Crippen molar-refractivity contribution < 1.29 is 13.6 Å². The molecule has 0 radical (unpaired) electrons. The monoisotopic (exact) mass is 350 g/mol. The molecule has 0 aliphatic rings. The van der Waals surface area contributed by atoms with E-state index in [-0.39, 0.29) is 5.91 Å². The van der Waals surface area contributed by atoms with Crippen molar-refractivity contribution >= 4 is 17.2 Å². The van der Waals surface area contributed by atoms with E-state index in [2.05, 4.69) is 15.3 Å². The van der Waals surface area contributed by atoms with Crippen LogP contribution < -0.4 is 5.32 Å². The second-order valence-electron chi connectivity index (χ2n) is 5.63. The lowest BCUT2D eigenvalue weighted by atomic mass is 10.1. The Labute approximate surface area is 147 Å². The molecule has 0 fully saturated rings. The Bertz CT molecular complexity index is 1110. The highest BCUT2D eigenvalue weighted by Gasteiger charge is 2.10. The van der Waals surface area contributed by atoms with Gasteiger partial charge in [-0.05, 0) is 42.5 Å². The first kappa shape index (κ1) is 15.9. The van der Waals surface area contributed by atoms with Gasteiger partial charge in [0.25, 0.3) is 5.91 Å². The van der Waals surface area contributed by atoms with Gasteiger partial charge in [0.05, 0.1) is 11.4 Å². The van der Waals surface area contributed by atoms with Crippen molar-refractivity contribution in [1.82, 2.24) is 14.4 Å². The summed E-state index contributed by atoms with van der Waals surface area (Å²) in [6.45, 7) is 0. The Morgan fingerprint density at radius 1 is 0.962 bits per heavy atom.